The van der Waals surface area contributed by atoms with Gasteiger partial charge in [-0.05, 0) is 35.7 Å². The summed E-state index contributed by atoms with van der Waals surface area (Å²) >= 11 is 0. The van der Waals surface area contributed by atoms with Crippen molar-refractivity contribution >= 4 is 34.9 Å². The summed E-state index contributed by atoms with van der Waals surface area (Å²) in [6.07, 6.45) is 0. The van der Waals surface area contributed by atoms with Crippen LogP contribution in [0.4, 0.5) is 11.4 Å². The molecule has 0 aromatic heterocycles. The molecule has 3 amide bonds. The fraction of sp³-hybridized carbons (Fsp3) is 0.241. The van der Waals surface area contributed by atoms with E-state index in [4.69, 9.17) is 9.47 Å². The van der Waals surface area contributed by atoms with Gasteiger partial charge < -0.3 is 19.7 Å². The van der Waals surface area contributed by atoms with Gasteiger partial charge in [-0.25, -0.2) is 0 Å². The first-order valence-corrected chi connectivity index (χ1v) is 12.3. The maximum atomic E-state index is 13.8. The maximum Gasteiger partial charge on any atom is 0.299 e. The molecule has 0 aliphatic carbocycles. The predicted molar refractivity (Wildman–Crippen MR) is 140 cm³/mol. The van der Waals surface area contributed by atoms with Crippen LogP contribution in [0.1, 0.15) is 29.8 Å². The lowest BCUT2D eigenvalue weighted by Crippen LogP contribution is -2.53. The Kier molecular flexibility index (Phi) is 6.83. The average Bonchev–Trinajstić information content (AvgIpc) is 3.47. The van der Waals surface area contributed by atoms with Crippen LogP contribution in [0.3, 0.4) is 0 Å². The minimum Gasteiger partial charge on any atom is -0.454 e. The molecule has 5 rings (SSSR count). The van der Waals surface area contributed by atoms with Gasteiger partial charge in [0.25, 0.3) is 11.7 Å². The van der Waals surface area contributed by atoms with Gasteiger partial charge in [-0.3, -0.25) is 24.1 Å². The second kappa shape index (κ2) is 10.4. The summed E-state index contributed by atoms with van der Waals surface area (Å²) in [7, 11) is 0. The van der Waals surface area contributed by atoms with Crippen molar-refractivity contribution in [2.45, 2.75) is 26.4 Å². The van der Waals surface area contributed by atoms with E-state index in [0.717, 1.165) is 5.56 Å². The maximum absolute atomic E-state index is 13.8. The molecule has 9 heteroatoms. The molecule has 0 saturated carbocycles. The quantitative estimate of drug-likeness (QED) is 0.461. The molecule has 2 aliphatic heterocycles. The molecule has 0 bridgehead atoms. The number of amides is 3. The van der Waals surface area contributed by atoms with Gasteiger partial charge in [-0.1, -0.05) is 56.3 Å². The molecule has 0 radical (unpaired) electrons. The Morgan fingerprint density at radius 2 is 1.66 bits per heavy atom. The molecular formula is C29H27N3O6. The van der Waals surface area contributed by atoms with Gasteiger partial charge in [0.05, 0.1) is 11.3 Å². The van der Waals surface area contributed by atoms with Crippen molar-refractivity contribution < 1.29 is 28.7 Å². The number of anilines is 2. The minimum absolute atomic E-state index is 0.113. The third-order valence-corrected chi connectivity index (χ3v) is 6.56. The molecular weight excluding hydrogens is 486 g/mol. The Morgan fingerprint density at radius 1 is 0.947 bits per heavy atom. The molecule has 0 unspecified atom stereocenters. The summed E-state index contributed by atoms with van der Waals surface area (Å²) in [5.41, 5.74) is 1.99. The van der Waals surface area contributed by atoms with Crippen molar-refractivity contribution in [3.05, 3.63) is 83.9 Å². The minimum atomic E-state index is -0.864. The summed E-state index contributed by atoms with van der Waals surface area (Å²) in [5, 5.41) is 2.90. The molecule has 2 heterocycles. The van der Waals surface area contributed by atoms with Crippen LogP contribution in [0, 0.1) is 5.92 Å². The monoisotopic (exact) mass is 513 g/mol. The Hall–Kier alpha value is -4.66. The zero-order valence-electron chi connectivity index (χ0n) is 21.0. The predicted octanol–water partition coefficient (Wildman–Crippen LogP) is 3.64. The van der Waals surface area contributed by atoms with E-state index in [0.29, 0.717) is 22.9 Å². The van der Waals surface area contributed by atoms with Gasteiger partial charge in [0, 0.05) is 18.3 Å². The zero-order valence-corrected chi connectivity index (χ0v) is 21.0. The Balaban J connectivity index is 1.43. The van der Waals surface area contributed by atoms with Crippen molar-refractivity contribution in [1.29, 1.82) is 0 Å². The number of nitrogens with zero attached hydrogens (tertiary/aromatic N) is 2. The molecule has 9 nitrogen and oxygen atoms in total. The Bertz CT molecular complexity index is 1400. The summed E-state index contributed by atoms with van der Waals surface area (Å²) in [5.74, 6) is -1.39. The van der Waals surface area contributed by atoms with Crippen LogP contribution in [0.2, 0.25) is 0 Å². The molecule has 2 aliphatic rings. The van der Waals surface area contributed by atoms with Crippen LogP contribution in [-0.4, -0.2) is 47.8 Å². The van der Waals surface area contributed by atoms with Crippen LogP contribution in [0.25, 0.3) is 0 Å². The molecule has 38 heavy (non-hydrogen) atoms. The van der Waals surface area contributed by atoms with Crippen molar-refractivity contribution in [2.75, 3.05) is 23.6 Å². The van der Waals surface area contributed by atoms with Gasteiger partial charge in [-0.15, -0.1) is 0 Å². The van der Waals surface area contributed by atoms with Gasteiger partial charge in [0.1, 0.15) is 12.6 Å². The number of Topliss-reactive ketones (excluding diaryl/α,β-unsaturated/α-hetero) is 1. The highest BCUT2D eigenvalue weighted by molar-refractivity contribution is 6.52. The largest absolute Gasteiger partial charge is 0.454 e. The number of ketones is 1. The van der Waals surface area contributed by atoms with Crippen molar-refractivity contribution in [3.8, 4) is 11.5 Å². The number of hydrogen-bond acceptors (Lipinski definition) is 6. The van der Waals surface area contributed by atoms with Crippen molar-refractivity contribution in [1.82, 2.24) is 4.90 Å². The van der Waals surface area contributed by atoms with Gasteiger partial charge >= 0.3 is 0 Å². The third-order valence-electron chi connectivity index (χ3n) is 6.56. The van der Waals surface area contributed by atoms with E-state index in [1.165, 1.54) is 9.80 Å². The Morgan fingerprint density at radius 3 is 2.42 bits per heavy atom. The molecule has 0 fully saturated rings. The van der Waals surface area contributed by atoms with Crippen LogP contribution < -0.4 is 19.7 Å². The third kappa shape index (κ3) is 4.82. The smallest absolute Gasteiger partial charge is 0.299 e. The Labute approximate surface area is 219 Å². The van der Waals surface area contributed by atoms with E-state index in [1.807, 2.05) is 44.2 Å². The molecule has 0 spiro atoms. The molecule has 3 aromatic carbocycles. The molecule has 194 valence electrons. The molecule has 1 atom stereocenters. The second-order valence-electron chi connectivity index (χ2n) is 9.49. The van der Waals surface area contributed by atoms with Gasteiger partial charge in [0.15, 0.2) is 11.5 Å². The van der Waals surface area contributed by atoms with E-state index in [9.17, 15) is 19.2 Å². The zero-order chi connectivity index (χ0) is 26.8. The van der Waals surface area contributed by atoms with E-state index >= 15 is 0 Å². The number of ether oxygens (including phenoxy) is 2. The lowest BCUT2D eigenvalue weighted by Gasteiger charge is -2.34. The topological polar surface area (TPSA) is 105 Å². The normalized spacial score (nSPS) is 14.4. The van der Waals surface area contributed by atoms with Crippen LogP contribution in [0.5, 0.6) is 11.5 Å². The fourth-order valence-corrected chi connectivity index (χ4v) is 4.75. The number of carbonyl (C=O) groups is 4. The molecule has 0 saturated heterocycles. The summed E-state index contributed by atoms with van der Waals surface area (Å²) < 4.78 is 10.8. The van der Waals surface area contributed by atoms with Crippen LogP contribution in [0.15, 0.2) is 72.8 Å². The summed E-state index contributed by atoms with van der Waals surface area (Å²) in [6.45, 7) is 3.61. The number of fused-ring (bicyclic) bond motifs is 2. The number of hydrogen-bond donors (Lipinski definition) is 1. The van der Waals surface area contributed by atoms with E-state index in [1.54, 1.807) is 42.5 Å². The van der Waals surface area contributed by atoms with Crippen LogP contribution >= 0.6 is 0 Å². The lowest BCUT2D eigenvalue weighted by molar-refractivity contribution is -0.140. The average molecular weight is 514 g/mol. The highest BCUT2D eigenvalue weighted by Crippen LogP contribution is 2.34. The first-order valence-electron chi connectivity index (χ1n) is 12.3. The highest BCUT2D eigenvalue weighted by atomic mass is 16.7. The number of benzene rings is 3. The van der Waals surface area contributed by atoms with Crippen molar-refractivity contribution in [3.63, 3.8) is 0 Å². The van der Waals surface area contributed by atoms with E-state index < -0.39 is 23.6 Å². The number of nitrogens with one attached hydrogen (secondary N) is 1. The standard InChI is InChI=1S/C29H27N3O6/c1-18(2)26(28(35)30-20-12-13-23-24(14-20)38-17-37-23)32(15-19-8-4-3-5-9-19)25(33)16-31-22-11-7-6-10-21(22)27(34)29(31)36/h3-14,18,26H,15-17H2,1-2H3,(H,30,35)/t26-/m0/s1. The second-order valence-corrected chi connectivity index (χ2v) is 9.49. The number of para-hydroxylation sites is 1. The van der Waals surface area contributed by atoms with E-state index in [-0.39, 0.29) is 37.3 Å². The highest BCUT2D eigenvalue weighted by Gasteiger charge is 2.39. The van der Waals surface area contributed by atoms with Crippen molar-refractivity contribution in [2.24, 2.45) is 5.92 Å². The lowest BCUT2D eigenvalue weighted by atomic mass is 10.00. The summed E-state index contributed by atoms with van der Waals surface area (Å²) in [4.78, 5) is 55.4. The van der Waals surface area contributed by atoms with Crippen LogP contribution in [-0.2, 0) is 20.9 Å². The summed E-state index contributed by atoms with van der Waals surface area (Å²) in [6, 6.07) is 20.1. The first kappa shape index (κ1) is 25.0. The number of rotatable bonds is 8. The van der Waals surface area contributed by atoms with Gasteiger partial charge in [0.2, 0.25) is 18.6 Å². The fourth-order valence-electron chi connectivity index (χ4n) is 4.75. The molecule has 3 aromatic rings. The molecule has 1 N–H and O–H groups in total. The first-order chi connectivity index (χ1) is 18.3. The number of carbonyl (C=O) groups excluding carboxylic acids is 4. The van der Waals surface area contributed by atoms with E-state index in [2.05, 4.69) is 5.32 Å². The SMILES string of the molecule is CC(C)[C@@H](C(=O)Nc1ccc2c(c1)OCO2)N(Cc1ccccc1)C(=O)CN1C(=O)C(=O)c2ccccc21. The van der Waals surface area contributed by atoms with Gasteiger partial charge in [-0.2, -0.15) is 0 Å².